The molecule has 0 aromatic heterocycles. The summed E-state index contributed by atoms with van der Waals surface area (Å²) in [5, 5.41) is 0. The number of benzene rings is 1. The van der Waals surface area contributed by atoms with Crippen molar-refractivity contribution in [3.05, 3.63) is 22.2 Å². The minimum atomic E-state index is 0.629. The van der Waals surface area contributed by atoms with Gasteiger partial charge in [-0.3, -0.25) is 0 Å². The molecule has 0 saturated heterocycles. The van der Waals surface area contributed by atoms with Crippen LogP contribution in [0, 0.1) is 0 Å². The van der Waals surface area contributed by atoms with Crippen LogP contribution in [0.25, 0.3) is 0 Å². The van der Waals surface area contributed by atoms with Crippen LogP contribution >= 0.6 is 15.9 Å². The van der Waals surface area contributed by atoms with Crippen LogP contribution in [0.15, 0.2) is 16.6 Å². The molecule has 0 spiro atoms. The summed E-state index contributed by atoms with van der Waals surface area (Å²) in [5.74, 6) is 1.61. The molecule has 0 aliphatic rings. The van der Waals surface area contributed by atoms with Gasteiger partial charge in [-0.1, -0.05) is 19.8 Å². The van der Waals surface area contributed by atoms with Crippen LogP contribution < -0.4 is 15.2 Å². The minimum Gasteiger partial charge on any atom is -0.490 e. The lowest BCUT2D eigenvalue weighted by molar-refractivity contribution is 0.269. The average molecular weight is 330 g/mol. The molecule has 19 heavy (non-hydrogen) atoms. The Morgan fingerprint density at radius 2 is 1.95 bits per heavy atom. The lowest BCUT2D eigenvalue weighted by Crippen LogP contribution is -2.05. The fourth-order valence-electron chi connectivity index (χ4n) is 1.86. The van der Waals surface area contributed by atoms with Gasteiger partial charge in [0, 0.05) is 0 Å². The predicted molar refractivity (Wildman–Crippen MR) is 83.1 cm³/mol. The van der Waals surface area contributed by atoms with Crippen molar-refractivity contribution in [2.24, 2.45) is 5.73 Å². The van der Waals surface area contributed by atoms with Crippen LogP contribution in [0.3, 0.4) is 0 Å². The monoisotopic (exact) mass is 329 g/mol. The smallest absolute Gasteiger partial charge is 0.175 e. The minimum absolute atomic E-state index is 0.629. The second kappa shape index (κ2) is 9.21. The zero-order valence-corrected chi connectivity index (χ0v) is 13.5. The molecule has 0 aliphatic heterocycles. The first kappa shape index (κ1) is 16.3. The topological polar surface area (TPSA) is 44.5 Å². The fourth-order valence-corrected chi connectivity index (χ4v) is 2.47. The van der Waals surface area contributed by atoms with Gasteiger partial charge < -0.3 is 15.2 Å². The highest BCUT2D eigenvalue weighted by molar-refractivity contribution is 9.10. The van der Waals surface area contributed by atoms with Gasteiger partial charge in [0.2, 0.25) is 0 Å². The number of halogens is 1. The van der Waals surface area contributed by atoms with Gasteiger partial charge in [-0.2, -0.15) is 0 Å². The van der Waals surface area contributed by atoms with Gasteiger partial charge in [-0.25, -0.2) is 0 Å². The van der Waals surface area contributed by atoms with Gasteiger partial charge in [-0.15, -0.1) is 0 Å². The van der Waals surface area contributed by atoms with E-state index in [0.29, 0.717) is 13.2 Å². The largest absolute Gasteiger partial charge is 0.490 e. The number of unbranched alkanes of at least 4 members (excludes halogenated alkanes) is 2. The van der Waals surface area contributed by atoms with Gasteiger partial charge in [0.15, 0.2) is 11.5 Å². The molecule has 0 aliphatic carbocycles. The summed E-state index contributed by atoms with van der Waals surface area (Å²) in [7, 11) is 0. The molecule has 0 unspecified atom stereocenters. The first-order valence-electron chi connectivity index (χ1n) is 7.01. The first-order valence-corrected chi connectivity index (χ1v) is 7.80. The summed E-state index contributed by atoms with van der Waals surface area (Å²) in [6.45, 7) is 6.15. The Labute approximate surface area is 124 Å². The Bertz CT molecular complexity index is 383. The number of ether oxygens (including phenoxy) is 2. The maximum absolute atomic E-state index is 5.85. The summed E-state index contributed by atoms with van der Waals surface area (Å²) in [6.07, 6.45) is 4.29. The molecular weight excluding hydrogens is 306 g/mol. The molecule has 0 bridgehead atoms. The lowest BCUT2D eigenvalue weighted by atomic mass is 10.1. The van der Waals surface area contributed by atoms with Crippen LogP contribution in [0.2, 0.25) is 0 Å². The van der Waals surface area contributed by atoms with Crippen molar-refractivity contribution in [3.8, 4) is 11.5 Å². The molecule has 0 fully saturated rings. The summed E-state index contributed by atoms with van der Waals surface area (Å²) in [5.41, 5.74) is 6.76. The van der Waals surface area contributed by atoms with E-state index in [9.17, 15) is 0 Å². The number of nitrogens with two attached hydrogens (primary N) is 1. The van der Waals surface area contributed by atoms with Gasteiger partial charge in [0.05, 0.1) is 17.7 Å². The highest BCUT2D eigenvalue weighted by Gasteiger charge is 2.12. The molecule has 3 nitrogen and oxygen atoms in total. The zero-order chi connectivity index (χ0) is 14.1. The van der Waals surface area contributed by atoms with Crippen LogP contribution in [0.5, 0.6) is 11.5 Å². The van der Waals surface area contributed by atoms with E-state index in [1.54, 1.807) is 0 Å². The summed E-state index contributed by atoms with van der Waals surface area (Å²) in [6, 6.07) is 4.08. The van der Waals surface area contributed by atoms with Crippen molar-refractivity contribution in [1.29, 1.82) is 0 Å². The standard InChI is InChI=1S/C15H24BrNO2/c1-3-5-6-9-19-15-13(16)10-12(7-8-17)11-14(15)18-4-2/h10-11H,3-9,17H2,1-2H3. The van der Waals surface area contributed by atoms with Crippen LogP contribution in [0.4, 0.5) is 0 Å². The van der Waals surface area contributed by atoms with E-state index in [-0.39, 0.29) is 0 Å². The zero-order valence-electron chi connectivity index (χ0n) is 11.9. The van der Waals surface area contributed by atoms with Gasteiger partial charge in [-0.05, 0) is 59.9 Å². The number of rotatable bonds is 9. The van der Waals surface area contributed by atoms with Gasteiger partial charge in [0.1, 0.15) is 0 Å². The lowest BCUT2D eigenvalue weighted by Gasteiger charge is -2.15. The molecule has 1 aromatic rings. The maximum atomic E-state index is 5.85. The third kappa shape index (κ3) is 5.41. The predicted octanol–water partition coefficient (Wildman–Crippen LogP) is 3.92. The molecule has 0 radical (unpaired) electrons. The van der Waals surface area contributed by atoms with Crippen molar-refractivity contribution < 1.29 is 9.47 Å². The van der Waals surface area contributed by atoms with Gasteiger partial charge in [0.25, 0.3) is 0 Å². The second-order valence-electron chi connectivity index (χ2n) is 4.43. The number of hydrogen-bond acceptors (Lipinski definition) is 3. The van der Waals surface area contributed by atoms with E-state index in [0.717, 1.165) is 35.4 Å². The molecule has 0 saturated carbocycles. The van der Waals surface area contributed by atoms with E-state index in [1.807, 2.05) is 13.0 Å². The van der Waals surface area contributed by atoms with Crippen molar-refractivity contribution in [2.75, 3.05) is 19.8 Å². The third-order valence-corrected chi connectivity index (χ3v) is 3.39. The second-order valence-corrected chi connectivity index (χ2v) is 5.29. The normalized spacial score (nSPS) is 10.5. The summed E-state index contributed by atoms with van der Waals surface area (Å²) in [4.78, 5) is 0. The third-order valence-electron chi connectivity index (χ3n) is 2.80. The Kier molecular flexibility index (Phi) is 7.91. The van der Waals surface area contributed by atoms with E-state index in [4.69, 9.17) is 15.2 Å². The van der Waals surface area contributed by atoms with Crippen LogP contribution in [0.1, 0.15) is 38.7 Å². The molecular formula is C15H24BrNO2. The Hall–Kier alpha value is -0.740. The number of hydrogen-bond donors (Lipinski definition) is 1. The molecule has 2 N–H and O–H groups in total. The van der Waals surface area contributed by atoms with E-state index in [2.05, 4.69) is 28.9 Å². The molecule has 1 rings (SSSR count). The molecule has 0 atom stereocenters. The maximum Gasteiger partial charge on any atom is 0.175 e. The quantitative estimate of drug-likeness (QED) is 0.698. The van der Waals surface area contributed by atoms with E-state index in [1.165, 1.54) is 18.4 Å². The Morgan fingerprint density at radius 3 is 2.58 bits per heavy atom. The SMILES string of the molecule is CCCCCOc1c(Br)cc(CCN)cc1OCC. The molecule has 4 heteroatoms. The molecule has 0 amide bonds. The molecule has 0 heterocycles. The highest BCUT2D eigenvalue weighted by atomic mass is 79.9. The van der Waals surface area contributed by atoms with Crippen molar-refractivity contribution in [3.63, 3.8) is 0 Å². The fraction of sp³-hybridized carbons (Fsp3) is 0.600. The van der Waals surface area contributed by atoms with Crippen molar-refractivity contribution in [1.82, 2.24) is 0 Å². The van der Waals surface area contributed by atoms with Crippen LogP contribution in [-0.2, 0) is 6.42 Å². The molecule has 1 aromatic carbocycles. The van der Waals surface area contributed by atoms with E-state index >= 15 is 0 Å². The highest BCUT2D eigenvalue weighted by Crippen LogP contribution is 2.37. The van der Waals surface area contributed by atoms with Gasteiger partial charge >= 0.3 is 0 Å². The van der Waals surface area contributed by atoms with Crippen LogP contribution in [-0.4, -0.2) is 19.8 Å². The average Bonchev–Trinajstić information content (AvgIpc) is 2.38. The van der Waals surface area contributed by atoms with Crippen molar-refractivity contribution in [2.45, 2.75) is 39.5 Å². The Balaban J connectivity index is 2.81. The summed E-state index contributed by atoms with van der Waals surface area (Å²) >= 11 is 3.56. The van der Waals surface area contributed by atoms with E-state index < -0.39 is 0 Å². The summed E-state index contributed by atoms with van der Waals surface area (Å²) < 4.78 is 12.5. The molecule has 108 valence electrons. The Morgan fingerprint density at radius 1 is 1.16 bits per heavy atom. The first-order chi connectivity index (χ1) is 9.22. The van der Waals surface area contributed by atoms with Crippen molar-refractivity contribution >= 4 is 15.9 Å².